The molecule has 0 saturated carbocycles. The van der Waals surface area contributed by atoms with Gasteiger partial charge in [-0.15, -0.1) is 0 Å². The van der Waals surface area contributed by atoms with Gasteiger partial charge in [0.2, 0.25) is 11.8 Å². The van der Waals surface area contributed by atoms with Gasteiger partial charge in [-0.1, -0.05) is 43.3 Å². The van der Waals surface area contributed by atoms with Gasteiger partial charge >= 0.3 is 0 Å². The normalized spacial score (nSPS) is 19.2. The number of aromatic nitrogens is 3. The molecular formula is C38H44N8O3. The first-order valence-corrected chi connectivity index (χ1v) is 17.2. The summed E-state index contributed by atoms with van der Waals surface area (Å²) in [5, 5.41) is 16.2. The van der Waals surface area contributed by atoms with E-state index in [1.54, 1.807) is 18.5 Å². The highest BCUT2D eigenvalue weighted by Gasteiger charge is 2.51. The third-order valence-electron chi connectivity index (χ3n) is 10.9. The van der Waals surface area contributed by atoms with Gasteiger partial charge in [0.15, 0.2) is 0 Å². The Bertz CT molecular complexity index is 1850. The molecule has 1 aliphatic carbocycles. The maximum Gasteiger partial charge on any atom is 0.271 e. The van der Waals surface area contributed by atoms with Crippen molar-refractivity contribution in [3.05, 3.63) is 107 Å². The number of aromatic amines is 1. The summed E-state index contributed by atoms with van der Waals surface area (Å²) in [6.07, 6.45) is 7.16. The Labute approximate surface area is 286 Å². The Morgan fingerprint density at radius 3 is 2.53 bits per heavy atom. The number of carbonyl (C=O) groups excluding carboxylic acids is 3. The Balaban J connectivity index is 1.07. The Hall–Kier alpha value is -4.87. The topological polar surface area (TPSA) is 135 Å². The SMILES string of the molecule is CCC1(CN(CC(=O)Nc2ccc3c(c2)C[C@@]2(C3)C(=O)Nc3ncccc32)Cc2ccccc2CNC)CCN(C(=O)c2ccn[nH]2)CC1. The number of nitrogens with zero attached hydrogens (tertiary/aromatic N) is 4. The van der Waals surface area contributed by atoms with Crippen LogP contribution < -0.4 is 16.0 Å². The van der Waals surface area contributed by atoms with E-state index in [1.807, 2.05) is 42.3 Å². The average Bonchev–Trinajstić information content (AvgIpc) is 3.84. The average molecular weight is 661 g/mol. The maximum atomic E-state index is 13.8. The molecule has 254 valence electrons. The van der Waals surface area contributed by atoms with Crippen LogP contribution in [-0.4, -0.2) is 75.9 Å². The molecule has 3 aliphatic rings. The molecule has 4 heterocycles. The number of H-pyrrole nitrogens is 1. The number of nitrogens with one attached hydrogen (secondary N) is 4. The molecule has 11 heteroatoms. The van der Waals surface area contributed by atoms with Gasteiger partial charge in [-0.05, 0) is 91.1 Å². The van der Waals surface area contributed by atoms with E-state index in [4.69, 9.17) is 0 Å². The minimum absolute atomic E-state index is 0.0152. The van der Waals surface area contributed by atoms with Gasteiger partial charge in [-0.2, -0.15) is 5.10 Å². The zero-order valence-electron chi connectivity index (χ0n) is 28.2. The van der Waals surface area contributed by atoms with Crippen molar-refractivity contribution in [2.45, 2.75) is 57.5 Å². The number of hydrogen-bond acceptors (Lipinski definition) is 7. The van der Waals surface area contributed by atoms with E-state index in [0.29, 0.717) is 44.0 Å². The van der Waals surface area contributed by atoms with Crippen LogP contribution in [0.25, 0.3) is 0 Å². The fourth-order valence-corrected chi connectivity index (χ4v) is 8.06. The highest BCUT2D eigenvalue weighted by molar-refractivity contribution is 6.06. The summed E-state index contributed by atoms with van der Waals surface area (Å²) in [6, 6.07) is 20.0. The first kappa shape index (κ1) is 32.7. The molecule has 0 radical (unpaired) electrons. The lowest BCUT2D eigenvalue weighted by molar-refractivity contribution is -0.120. The summed E-state index contributed by atoms with van der Waals surface area (Å²) < 4.78 is 0. The first-order valence-electron chi connectivity index (χ1n) is 17.2. The molecule has 1 fully saturated rings. The lowest BCUT2D eigenvalue weighted by atomic mass is 9.75. The number of likely N-dealkylation sites (tertiary alicyclic amines) is 1. The van der Waals surface area contributed by atoms with Crippen molar-refractivity contribution >= 4 is 29.2 Å². The van der Waals surface area contributed by atoms with Crippen LogP contribution in [0.3, 0.4) is 0 Å². The van der Waals surface area contributed by atoms with E-state index < -0.39 is 5.41 Å². The van der Waals surface area contributed by atoms with E-state index in [1.165, 1.54) is 11.1 Å². The van der Waals surface area contributed by atoms with Gasteiger partial charge in [-0.25, -0.2) is 4.98 Å². The van der Waals surface area contributed by atoms with Crippen molar-refractivity contribution in [1.29, 1.82) is 0 Å². The summed E-state index contributed by atoms with van der Waals surface area (Å²) in [6.45, 7) is 5.90. The fourth-order valence-electron chi connectivity index (χ4n) is 8.06. The number of fused-ring (bicyclic) bond motifs is 3. The first-order chi connectivity index (χ1) is 23.8. The summed E-state index contributed by atoms with van der Waals surface area (Å²) in [5.41, 5.74) is 6.10. The van der Waals surface area contributed by atoms with Crippen molar-refractivity contribution in [3.8, 4) is 0 Å². The molecular weight excluding hydrogens is 616 g/mol. The fraction of sp³-hybridized carbons (Fsp3) is 0.395. The van der Waals surface area contributed by atoms with E-state index in [9.17, 15) is 14.4 Å². The summed E-state index contributed by atoms with van der Waals surface area (Å²) >= 11 is 0. The second kappa shape index (κ2) is 13.6. The molecule has 0 bridgehead atoms. The van der Waals surface area contributed by atoms with Crippen molar-refractivity contribution < 1.29 is 14.4 Å². The molecule has 2 aromatic heterocycles. The van der Waals surface area contributed by atoms with Crippen molar-refractivity contribution in [3.63, 3.8) is 0 Å². The molecule has 0 unspecified atom stereocenters. The van der Waals surface area contributed by atoms with Crippen LogP contribution in [0.15, 0.2) is 73.1 Å². The highest BCUT2D eigenvalue weighted by Crippen LogP contribution is 2.47. The summed E-state index contributed by atoms with van der Waals surface area (Å²) in [4.78, 5) is 48.6. The molecule has 1 spiro atoms. The van der Waals surface area contributed by atoms with Crippen LogP contribution in [-0.2, 0) is 40.9 Å². The molecule has 2 aliphatic heterocycles. The number of benzene rings is 2. The minimum Gasteiger partial charge on any atom is -0.337 e. The van der Waals surface area contributed by atoms with E-state index in [-0.39, 0.29) is 29.7 Å². The van der Waals surface area contributed by atoms with Crippen LogP contribution in [0.4, 0.5) is 11.5 Å². The number of carbonyl (C=O) groups is 3. The van der Waals surface area contributed by atoms with Gasteiger partial charge < -0.3 is 20.9 Å². The second-order valence-electron chi connectivity index (χ2n) is 13.9. The third kappa shape index (κ3) is 6.48. The quantitative estimate of drug-likeness (QED) is 0.189. The van der Waals surface area contributed by atoms with Crippen LogP contribution in [0, 0.1) is 5.41 Å². The maximum absolute atomic E-state index is 13.8. The number of pyridine rings is 1. The van der Waals surface area contributed by atoms with Crippen molar-refractivity contribution in [2.75, 3.05) is 43.9 Å². The molecule has 1 atom stereocenters. The molecule has 1 saturated heterocycles. The van der Waals surface area contributed by atoms with Gasteiger partial charge in [0.05, 0.1) is 12.0 Å². The van der Waals surface area contributed by atoms with Crippen molar-refractivity contribution in [2.24, 2.45) is 5.41 Å². The number of amides is 3. The minimum atomic E-state index is -0.654. The van der Waals surface area contributed by atoms with Gasteiger partial charge in [0, 0.05) is 56.4 Å². The Kier molecular flexibility index (Phi) is 9.04. The molecule has 7 rings (SSSR count). The van der Waals surface area contributed by atoms with Gasteiger partial charge in [0.25, 0.3) is 5.91 Å². The third-order valence-corrected chi connectivity index (χ3v) is 10.9. The lowest BCUT2D eigenvalue weighted by Gasteiger charge is -2.44. The monoisotopic (exact) mass is 660 g/mol. The highest BCUT2D eigenvalue weighted by atomic mass is 16.2. The zero-order valence-corrected chi connectivity index (χ0v) is 28.2. The lowest BCUT2D eigenvalue weighted by Crippen LogP contribution is -2.48. The number of anilines is 2. The van der Waals surface area contributed by atoms with Gasteiger partial charge in [0.1, 0.15) is 11.5 Å². The van der Waals surface area contributed by atoms with Crippen LogP contribution in [0.2, 0.25) is 0 Å². The Morgan fingerprint density at radius 2 is 1.78 bits per heavy atom. The summed E-state index contributed by atoms with van der Waals surface area (Å²) in [5.74, 6) is 0.530. The van der Waals surface area contributed by atoms with Crippen LogP contribution >= 0.6 is 0 Å². The second-order valence-corrected chi connectivity index (χ2v) is 13.9. The van der Waals surface area contributed by atoms with E-state index >= 15 is 0 Å². The smallest absolute Gasteiger partial charge is 0.271 e. The van der Waals surface area contributed by atoms with E-state index in [0.717, 1.165) is 54.7 Å². The van der Waals surface area contributed by atoms with Crippen molar-refractivity contribution in [1.82, 2.24) is 30.3 Å². The molecule has 49 heavy (non-hydrogen) atoms. The summed E-state index contributed by atoms with van der Waals surface area (Å²) in [7, 11) is 1.94. The zero-order chi connectivity index (χ0) is 34.0. The van der Waals surface area contributed by atoms with Crippen LogP contribution in [0.5, 0.6) is 0 Å². The van der Waals surface area contributed by atoms with Gasteiger partial charge in [-0.3, -0.25) is 24.4 Å². The molecule has 4 aromatic rings. The molecule has 3 amide bonds. The predicted molar refractivity (Wildman–Crippen MR) is 188 cm³/mol. The van der Waals surface area contributed by atoms with Crippen LogP contribution in [0.1, 0.15) is 64.5 Å². The molecule has 11 nitrogen and oxygen atoms in total. The van der Waals surface area contributed by atoms with E-state index in [2.05, 4.69) is 67.2 Å². The standard InChI is InChI=1S/C38H44N8O3/c1-3-37(13-17-46(18-14-37)35(48)32-12-16-41-44-32)25-45(23-28-8-5-4-7-27(28)22-39-2)24-33(47)42-30-11-10-26-20-38(21-29(26)19-30)31-9-6-15-40-34(31)43-36(38)49/h4-12,15-16,19,39H,3,13-14,17-18,20-25H2,1-2H3,(H,41,44)(H,42,47)(H,40,43,49)/t38-/m1/s1. The Morgan fingerprint density at radius 1 is 0.980 bits per heavy atom. The number of rotatable bonds is 11. The number of piperidine rings is 1. The number of hydrogen-bond donors (Lipinski definition) is 4. The molecule has 4 N–H and O–H groups in total. The predicted octanol–water partition coefficient (Wildman–Crippen LogP) is 4.29. The largest absolute Gasteiger partial charge is 0.337 e. The molecule has 2 aromatic carbocycles.